The van der Waals surface area contributed by atoms with Gasteiger partial charge in [-0.1, -0.05) is 29.8 Å². The quantitative estimate of drug-likeness (QED) is 0.415. The highest BCUT2D eigenvalue weighted by Crippen LogP contribution is 2.37. The van der Waals surface area contributed by atoms with Gasteiger partial charge in [-0.05, 0) is 55.5 Å². The molecule has 0 fully saturated rings. The van der Waals surface area contributed by atoms with Crippen LogP contribution < -0.4 is 15.4 Å². The van der Waals surface area contributed by atoms with Gasteiger partial charge in [0.25, 0.3) is 11.8 Å². The molecule has 0 aliphatic heterocycles. The zero-order chi connectivity index (χ0) is 24.2. The minimum absolute atomic E-state index is 0.225. The summed E-state index contributed by atoms with van der Waals surface area (Å²) in [6.45, 7) is 1.37. The highest BCUT2D eigenvalue weighted by molar-refractivity contribution is 6.30. The molecule has 2 N–H and O–H groups in total. The number of ether oxygens (including phenoxy) is 1. The summed E-state index contributed by atoms with van der Waals surface area (Å²) in [5, 5.41) is 4.78. The van der Waals surface area contributed by atoms with Crippen molar-refractivity contribution in [2.45, 2.75) is 19.2 Å². The largest absolute Gasteiger partial charge is 0.481 e. The van der Waals surface area contributed by atoms with E-state index in [1.807, 2.05) is 0 Å². The molecule has 10 heteroatoms. The van der Waals surface area contributed by atoms with Crippen molar-refractivity contribution >= 4 is 34.8 Å². The van der Waals surface area contributed by atoms with Gasteiger partial charge in [-0.25, -0.2) is 4.39 Å². The first-order valence-electron chi connectivity index (χ1n) is 9.55. The van der Waals surface area contributed by atoms with Crippen LogP contribution in [0.3, 0.4) is 0 Å². The van der Waals surface area contributed by atoms with E-state index >= 15 is 0 Å². The van der Waals surface area contributed by atoms with Crippen LogP contribution >= 0.6 is 11.6 Å². The normalized spacial score (nSPS) is 12.1. The minimum Gasteiger partial charge on any atom is -0.481 e. The molecule has 0 spiro atoms. The molecule has 0 radical (unpaired) electrons. The Labute approximate surface area is 191 Å². The van der Waals surface area contributed by atoms with Crippen molar-refractivity contribution in [1.29, 1.82) is 0 Å². The lowest BCUT2D eigenvalue weighted by molar-refractivity contribution is -0.137. The number of alkyl halides is 3. The molecular weight excluding hydrogens is 464 g/mol. The fourth-order valence-electron chi connectivity index (χ4n) is 2.84. The van der Waals surface area contributed by atoms with Gasteiger partial charge in [0.05, 0.1) is 16.8 Å². The maximum Gasteiger partial charge on any atom is 0.418 e. The maximum atomic E-state index is 13.8. The van der Waals surface area contributed by atoms with Crippen LogP contribution in [0.25, 0.3) is 0 Å². The number of rotatable bonds is 6. The molecule has 0 aliphatic rings. The van der Waals surface area contributed by atoms with E-state index in [1.54, 1.807) is 18.2 Å². The van der Waals surface area contributed by atoms with Gasteiger partial charge < -0.3 is 15.4 Å². The standard InChI is InChI=1S/C23H17ClF4N2O3/c1-13(33-16-6-4-5-14(24)11-16)21(31)30-20-10-9-15(12-18(20)23(26,27)28)29-22(32)17-7-2-3-8-19(17)25/h2-13H,1H3,(H,29,32)(H,30,31). The second-order valence-electron chi connectivity index (χ2n) is 6.90. The Morgan fingerprint density at radius 3 is 2.36 bits per heavy atom. The average molecular weight is 481 g/mol. The summed E-state index contributed by atoms with van der Waals surface area (Å²) < 4.78 is 60.1. The van der Waals surface area contributed by atoms with E-state index in [0.717, 1.165) is 18.2 Å². The Morgan fingerprint density at radius 1 is 0.970 bits per heavy atom. The smallest absolute Gasteiger partial charge is 0.418 e. The number of carbonyl (C=O) groups excluding carboxylic acids is 2. The summed E-state index contributed by atoms with van der Waals surface area (Å²) in [4.78, 5) is 24.6. The number of carbonyl (C=O) groups is 2. The van der Waals surface area contributed by atoms with Gasteiger partial charge in [-0.2, -0.15) is 13.2 Å². The van der Waals surface area contributed by atoms with Gasteiger partial charge in [0, 0.05) is 10.7 Å². The Morgan fingerprint density at radius 2 is 1.70 bits per heavy atom. The zero-order valence-electron chi connectivity index (χ0n) is 17.0. The number of halogens is 5. The molecule has 2 amide bonds. The number of hydrogen-bond acceptors (Lipinski definition) is 3. The van der Waals surface area contributed by atoms with Crippen LogP contribution in [0.4, 0.5) is 28.9 Å². The molecule has 0 aromatic heterocycles. The van der Waals surface area contributed by atoms with Gasteiger partial charge in [-0.15, -0.1) is 0 Å². The molecule has 3 rings (SSSR count). The fraction of sp³-hybridized carbons (Fsp3) is 0.130. The first-order chi connectivity index (χ1) is 15.5. The van der Waals surface area contributed by atoms with Crippen LogP contribution in [0, 0.1) is 5.82 Å². The lowest BCUT2D eigenvalue weighted by atomic mass is 10.1. The van der Waals surface area contributed by atoms with Crippen LogP contribution in [0.2, 0.25) is 5.02 Å². The van der Waals surface area contributed by atoms with Gasteiger partial charge in [0.2, 0.25) is 0 Å². The predicted molar refractivity (Wildman–Crippen MR) is 116 cm³/mol. The summed E-state index contributed by atoms with van der Waals surface area (Å²) in [6.07, 6.45) is -5.98. The molecule has 0 heterocycles. The molecule has 3 aromatic rings. The average Bonchev–Trinajstić information content (AvgIpc) is 2.74. The number of hydrogen-bond donors (Lipinski definition) is 2. The second-order valence-corrected chi connectivity index (χ2v) is 7.34. The van der Waals surface area contributed by atoms with Gasteiger partial charge >= 0.3 is 6.18 Å². The lowest BCUT2D eigenvalue weighted by Gasteiger charge is -2.18. The molecule has 1 atom stereocenters. The van der Waals surface area contributed by atoms with E-state index in [-0.39, 0.29) is 17.0 Å². The molecule has 3 aromatic carbocycles. The highest BCUT2D eigenvalue weighted by atomic mass is 35.5. The number of anilines is 2. The molecule has 33 heavy (non-hydrogen) atoms. The predicted octanol–water partition coefficient (Wildman–Crippen LogP) is 6.16. The topological polar surface area (TPSA) is 67.4 Å². The third-order valence-electron chi connectivity index (χ3n) is 4.44. The molecule has 1 unspecified atom stereocenters. The summed E-state index contributed by atoms with van der Waals surface area (Å²) in [5.41, 5.74) is -2.28. The van der Waals surface area contributed by atoms with Crippen LogP contribution in [-0.2, 0) is 11.0 Å². The lowest BCUT2D eigenvalue weighted by Crippen LogP contribution is -2.31. The first-order valence-corrected chi connectivity index (χ1v) is 9.92. The van der Waals surface area contributed by atoms with Crippen LogP contribution in [0.1, 0.15) is 22.8 Å². The summed E-state index contributed by atoms with van der Waals surface area (Å²) in [5.74, 6) is -2.29. The molecule has 172 valence electrons. The molecule has 0 saturated carbocycles. The maximum absolute atomic E-state index is 13.8. The van der Waals surface area contributed by atoms with Crippen molar-refractivity contribution in [3.63, 3.8) is 0 Å². The van der Waals surface area contributed by atoms with E-state index in [0.29, 0.717) is 11.1 Å². The van der Waals surface area contributed by atoms with Crippen molar-refractivity contribution in [3.8, 4) is 5.75 Å². The third kappa shape index (κ3) is 6.23. The van der Waals surface area contributed by atoms with E-state index in [9.17, 15) is 27.2 Å². The van der Waals surface area contributed by atoms with Crippen LogP contribution in [-0.4, -0.2) is 17.9 Å². The number of amides is 2. The van der Waals surface area contributed by atoms with E-state index in [4.69, 9.17) is 16.3 Å². The molecule has 5 nitrogen and oxygen atoms in total. The Kier molecular flexibility index (Phi) is 7.23. The zero-order valence-corrected chi connectivity index (χ0v) is 17.8. The minimum atomic E-state index is -4.85. The summed E-state index contributed by atoms with van der Waals surface area (Å²) in [7, 11) is 0. The Balaban J connectivity index is 1.78. The van der Waals surface area contributed by atoms with Crippen molar-refractivity contribution in [1.82, 2.24) is 0 Å². The van der Waals surface area contributed by atoms with Crippen molar-refractivity contribution in [2.24, 2.45) is 0 Å². The second kappa shape index (κ2) is 9.91. The van der Waals surface area contributed by atoms with Crippen LogP contribution in [0.5, 0.6) is 5.75 Å². The third-order valence-corrected chi connectivity index (χ3v) is 4.67. The van der Waals surface area contributed by atoms with Crippen molar-refractivity contribution in [2.75, 3.05) is 10.6 Å². The Bertz CT molecular complexity index is 1180. The summed E-state index contributed by atoms with van der Waals surface area (Å²) in [6, 6.07) is 14.1. The molecular formula is C23H17ClF4N2O3. The number of nitrogens with one attached hydrogen (secondary N) is 2. The van der Waals surface area contributed by atoms with Gasteiger partial charge in [0.1, 0.15) is 11.6 Å². The van der Waals surface area contributed by atoms with E-state index < -0.39 is 41.2 Å². The van der Waals surface area contributed by atoms with E-state index in [1.165, 1.54) is 31.2 Å². The number of benzene rings is 3. The SMILES string of the molecule is CC(Oc1cccc(Cl)c1)C(=O)Nc1ccc(NC(=O)c2ccccc2F)cc1C(F)(F)F. The molecule has 0 saturated heterocycles. The fourth-order valence-corrected chi connectivity index (χ4v) is 3.02. The van der Waals surface area contributed by atoms with Crippen LogP contribution in [0.15, 0.2) is 66.7 Å². The van der Waals surface area contributed by atoms with E-state index in [2.05, 4.69) is 10.6 Å². The molecule has 0 aliphatic carbocycles. The monoisotopic (exact) mass is 480 g/mol. The first kappa shape index (κ1) is 24.1. The summed E-state index contributed by atoms with van der Waals surface area (Å²) >= 11 is 5.85. The highest BCUT2D eigenvalue weighted by Gasteiger charge is 2.35. The Hall–Kier alpha value is -3.59. The van der Waals surface area contributed by atoms with Gasteiger partial charge in [-0.3, -0.25) is 9.59 Å². The van der Waals surface area contributed by atoms with Gasteiger partial charge in [0.15, 0.2) is 6.10 Å². The van der Waals surface area contributed by atoms with Crippen molar-refractivity contribution in [3.05, 3.63) is 88.7 Å². The van der Waals surface area contributed by atoms with Crippen molar-refractivity contribution < 1.29 is 31.9 Å². The molecule has 0 bridgehead atoms.